The highest BCUT2D eigenvalue weighted by Crippen LogP contribution is 2.43. The van der Waals surface area contributed by atoms with Gasteiger partial charge in [0, 0.05) is 23.4 Å². The summed E-state index contributed by atoms with van der Waals surface area (Å²) >= 11 is 5.94. The largest absolute Gasteiger partial charge is 0.353 e. The van der Waals surface area contributed by atoms with E-state index in [1.54, 1.807) is 0 Å². The second kappa shape index (κ2) is 5.68. The molecule has 112 valence electrons. The molecule has 2 amide bonds. The predicted molar refractivity (Wildman–Crippen MR) is 81.2 cm³/mol. The maximum Gasteiger partial charge on any atom is 0.242 e. The number of hydrogen-bond acceptors (Lipinski definition) is 2. The lowest BCUT2D eigenvalue weighted by Gasteiger charge is -2.42. The lowest BCUT2D eigenvalue weighted by molar-refractivity contribution is -0.126. The van der Waals surface area contributed by atoms with Gasteiger partial charge in [0.25, 0.3) is 0 Å². The molecule has 2 N–H and O–H groups in total. The van der Waals surface area contributed by atoms with Gasteiger partial charge in [0.05, 0.1) is 0 Å². The van der Waals surface area contributed by atoms with Crippen molar-refractivity contribution >= 4 is 23.4 Å². The van der Waals surface area contributed by atoms with Crippen LogP contribution in [-0.2, 0) is 15.0 Å². The summed E-state index contributed by atoms with van der Waals surface area (Å²) in [6.07, 6.45) is 4.37. The topological polar surface area (TPSA) is 58.2 Å². The van der Waals surface area contributed by atoms with Crippen LogP contribution in [0.15, 0.2) is 24.3 Å². The van der Waals surface area contributed by atoms with Crippen LogP contribution in [0.5, 0.6) is 0 Å². The first-order chi connectivity index (χ1) is 10.1. The average molecular weight is 307 g/mol. The van der Waals surface area contributed by atoms with Gasteiger partial charge in [-0.25, -0.2) is 0 Å². The van der Waals surface area contributed by atoms with Gasteiger partial charge >= 0.3 is 0 Å². The van der Waals surface area contributed by atoms with Gasteiger partial charge in [-0.05, 0) is 37.0 Å². The Morgan fingerprint density at radius 2 is 2.05 bits per heavy atom. The van der Waals surface area contributed by atoms with Gasteiger partial charge < -0.3 is 10.6 Å². The van der Waals surface area contributed by atoms with Crippen LogP contribution < -0.4 is 10.6 Å². The molecule has 0 aromatic heterocycles. The fourth-order valence-corrected chi connectivity index (χ4v) is 3.29. The molecule has 0 bridgehead atoms. The third kappa shape index (κ3) is 2.91. The minimum atomic E-state index is -0.361. The fourth-order valence-electron chi connectivity index (χ4n) is 3.16. The first-order valence-electron chi connectivity index (χ1n) is 7.42. The summed E-state index contributed by atoms with van der Waals surface area (Å²) in [6, 6.07) is 7.53. The maximum atomic E-state index is 12.1. The SMILES string of the molecule is O=C1CC[C@H](C(=O)NCC2(c3ccc(Cl)cc3)CCC2)N1. The smallest absolute Gasteiger partial charge is 0.242 e. The normalized spacial score (nSPS) is 23.3. The van der Waals surface area contributed by atoms with Gasteiger partial charge in [0.2, 0.25) is 11.8 Å². The van der Waals surface area contributed by atoms with E-state index in [1.165, 1.54) is 12.0 Å². The molecule has 3 rings (SSSR count). The Kier molecular flexibility index (Phi) is 3.89. The Morgan fingerprint density at radius 3 is 2.57 bits per heavy atom. The first-order valence-corrected chi connectivity index (χ1v) is 7.80. The van der Waals surface area contributed by atoms with Gasteiger partial charge in [-0.2, -0.15) is 0 Å². The Balaban J connectivity index is 1.63. The number of carbonyl (C=O) groups is 2. The van der Waals surface area contributed by atoms with E-state index in [1.807, 2.05) is 24.3 Å². The fraction of sp³-hybridized carbons (Fsp3) is 0.500. The zero-order chi connectivity index (χ0) is 14.9. The number of hydrogen-bond donors (Lipinski definition) is 2. The molecule has 2 fully saturated rings. The Bertz CT molecular complexity index is 552. The van der Waals surface area contributed by atoms with Crippen molar-refractivity contribution in [3.8, 4) is 0 Å². The molecule has 1 atom stereocenters. The summed E-state index contributed by atoms with van der Waals surface area (Å²) in [7, 11) is 0. The zero-order valence-corrected chi connectivity index (χ0v) is 12.6. The highest BCUT2D eigenvalue weighted by Gasteiger charge is 2.39. The van der Waals surface area contributed by atoms with Crippen molar-refractivity contribution in [2.45, 2.75) is 43.6 Å². The van der Waals surface area contributed by atoms with Crippen LogP contribution in [0.3, 0.4) is 0 Å². The zero-order valence-electron chi connectivity index (χ0n) is 11.8. The van der Waals surface area contributed by atoms with Crippen LogP contribution in [0.1, 0.15) is 37.7 Å². The molecular weight excluding hydrogens is 288 g/mol. The van der Waals surface area contributed by atoms with E-state index in [2.05, 4.69) is 10.6 Å². The van der Waals surface area contributed by atoms with E-state index in [4.69, 9.17) is 11.6 Å². The number of halogens is 1. The standard InChI is InChI=1S/C16H19ClN2O2/c17-12-4-2-11(3-5-12)16(8-1-9-16)10-18-15(21)13-6-7-14(20)19-13/h2-5,13H,1,6-10H2,(H,18,21)(H,19,20)/t13-/m1/s1. The molecule has 0 radical (unpaired) electrons. The third-order valence-electron chi connectivity index (χ3n) is 4.68. The van der Waals surface area contributed by atoms with Crippen molar-refractivity contribution in [1.82, 2.24) is 10.6 Å². The predicted octanol–water partition coefficient (Wildman–Crippen LogP) is 2.16. The summed E-state index contributed by atoms with van der Waals surface area (Å²) in [5, 5.41) is 6.45. The summed E-state index contributed by atoms with van der Waals surface area (Å²) < 4.78 is 0. The molecular formula is C16H19ClN2O2. The number of benzene rings is 1. The van der Waals surface area contributed by atoms with Crippen LogP contribution >= 0.6 is 11.6 Å². The summed E-state index contributed by atoms with van der Waals surface area (Å²) in [6.45, 7) is 0.625. The molecule has 1 aromatic rings. The number of carbonyl (C=O) groups excluding carboxylic acids is 2. The lowest BCUT2D eigenvalue weighted by atomic mass is 9.64. The summed E-state index contributed by atoms with van der Waals surface area (Å²) in [5.41, 5.74) is 1.26. The lowest BCUT2D eigenvalue weighted by Crippen LogP contribution is -2.49. The van der Waals surface area contributed by atoms with Gasteiger partial charge in [-0.15, -0.1) is 0 Å². The second-order valence-corrected chi connectivity index (χ2v) is 6.45. The van der Waals surface area contributed by atoms with Crippen molar-refractivity contribution in [3.05, 3.63) is 34.9 Å². The third-order valence-corrected chi connectivity index (χ3v) is 4.93. The Labute approximate surface area is 129 Å². The highest BCUT2D eigenvalue weighted by molar-refractivity contribution is 6.30. The summed E-state index contributed by atoms with van der Waals surface area (Å²) in [5.74, 6) is -0.104. The first kappa shape index (κ1) is 14.4. The van der Waals surface area contributed by atoms with Crippen molar-refractivity contribution < 1.29 is 9.59 Å². The van der Waals surface area contributed by atoms with Crippen molar-refractivity contribution in [3.63, 3.8) is 0 Å². The molecule has 0 unspecified atom stereocenters. The second-order valence-electron chi connectivity index (χ2n) is 6.02. The van der Waals surface area contributed by atoms with Gasteiger partial charge in [-0.1, -0.05) is 30.2 Å². The van der Waals surface area contributed by atoms with Gasteiger partial charge in [0.15, 0.2) is 0 Å². The molecule has 1 saturated heterocycles. The highest BCUT2D eigenvalue weighted by atomic mass is 35.5. The van der Waals surface area contributed by atoms with Crippen LogP contribution in [0.25, 0.3) is 0 Å². The van der Waals surface area contributed by atoms with E-state index in [9.17, 15) is 9.59 Å². The minimum Gasteiger partial charge on any atom is -0.353 e. The molecule has 21 heavy (non-hydrogen) atoms. The Hall–Kier alpha value is -1.55. The van der Waals surface area contributed by atoms with Crippen LogP contribution in [0.2, 0.25) is 5.02 Å². The van der Waals surface area contributed by atoms with Crippen molar-refractivity contribution in [2.75, 3.05) is 6.54 Å². The molecule has 2 aliphatic rings. The Morgan fingerprint density at radius 1 is 1.33 bits per heavy atom. The summed E-state index contributed by atoms with van der Waals surface area (Å²) in [4.78, 5) is 23.3. The van der Waals surface area contributed by atoms with Crippen LogP contribution in [0.4, 0.5) is 0 Å². The number of amides is 2. The molecule has 1 saturated carbocycles. The van der Waals surface area contributed by atoms with Crippen LogP contribution in [0, 0.1) is 0 Å². The van der Waals surface area contributed by atoms with Crippen molar-refractivity contribution in [1.29, 1.82) is 0 Å². The quantitative estimate of drug-likeness (QED) is 0.895. The number of rotatable bonds is 4. The molecule has 4 nitrogen and oxygen atoms in total. The van der Waals surface area contributed by atoms with Crippen LogP contribution in [-0.4, -0.2) is 24.4 Å². The van der Waals surface area contributed by atoms with Gasteiger partial charge in [0.1, 0.15) is 6.04 Å². The number of nitrogens with one attached hydrogen (secondary N) is 2. The molecule has 5 heteroatoms. The average Bonchev–Trinajstić information content (AvgIpc) is 2.86. The molecule has 1 aliphatic heterocycles. The molecule has 1 aromatic carbocycles. The van der Waals surface area contributed by atoms with E-state index in [0.29, 0.717) is 19.4 Å². The van der Waals surface area contributed by atoms with E-state index in [0.717, 1.165) is 17.9 Å². The van der Waals surface area contributed by atoms with Gasteiger partial charge in [-0.3, -0.25) is 9.59 Å². The molecule has 0 spiro atoms. The monoisotopic (exact) mass is 306 g/mol. The van der Waals surface area contributed by atoms with E-state index < -0.39 is 0 Å². The molecule has 1 heterocycles. The van der Waals surface area contributed by atoms with Crippen molar-refractivity contribution in [2.24, 2.45) is 0 Å². The minimum absolute atomic E-state index is 0.0306. The van der Waals surface area contributed by atoms with E-state index >= 15 is 0 Å². The van der Waals surface area contributed by atoms with E-state index in [-0.39, 0.29) is 23.3 Å². The molecule has 1 aliphatic carbocycles. The maximum absolute atomic E-state index is 12.1.